The standard InChI is InChI=1S/C16H11BrFN5O2S/c17-11-7-26-16(14(11)15-19-8-20-22-15)21-13(24)6-23-12-2-1-10(18)5-9(12)3-4-25-23/h1-5,7-8H,6H2,(H,21,24)(H,19,20,22). The summed E-state index contributed by atoms with van der Waals surface area (Å²) < 4.78 is 14.2. The van der Waals surface area contributed by atoms with Crippen LogP contribution in [0.2, 0.25) is 0 Å². The number of hydrogen-bond acceptors (Lipinski definition) is 6. The van der Waals surface area contributed by atoms with E-state index in [0.29, 0.717) is 22.1 Å². The Morgan fingerprint density at radius 3 is 3.15 bits per heavy atom. The molecule has 0 unspecified atom stereocenters. The van der Waals surface area contributed by atoms with Crippen LogP contribution in [0.5, 0.6) is 0 Å². The normalized spacial score (nSPS) is 12.6. The van der Waals surface area contributed by atoms with Gasteiger partial charge in [-0.3, -0.25) is 9.89 Å². The highest BCUT2D eigenvalue weighted by molar-refractivity contribution is 9.10. The van der Waals surface area contributed by atoms with Crippen LogP contribution in [0.25, 0.3) is 17.5 Å². The van der Waals surface area contributed by atoms with E-state index in [1.54, 1.807) is 12.1 Å². The van der Waals surface area contributed by atoms with Crippen LogP contribution in [-0.2, 0) is 9.63 Å². The summed E-state index contributed by atoms with van der Waals surface area (Å²) in [5.41, 5.74) is 1.99. The number of rotatable bonds is 4. The van der Waals surface area contributed by atoms with Crippen molar-refractivity contribution in [2.45, 2.75) is 0 Å². The molecular weight excluding hydrogens is 425 g/mol. The van der Waals surface area contributed by atoms with Crippen molar-refractivity contribution >= 4 is 49.9 Å². The number of nitrogens with zero attached hydrogens (tertiary/aromatic N) is 3. The molecule has 3 heterocycles. The van der Waals surface area contributed by atoms with Gasteiger partial charge in [-0.1, -0.05) is 0 Å². The number of hydroxylamine groups is 1. The highest BCUT2D eigenvalue weighted by Gasteiger charge is 2.21. The van der Waals surface area contributed by atoms with Crippen molar-refractivity contribution < 1.29 is 14.0 Å². The molecular formula is C16H11BrFN5O2S. The van der Waals surface area contributed by atoms with Crippen LogP contribution >= 0.6 is 27.3 Å². The molecule has 3 aromatic rings. The van der Waals surface area contributed by atoms with Crippen LogP contribution in [0.15, 0.2) is 40.6 Å². The molecule has 0 bridgehead atoms. The Balaban J connectivity index is 1.52. The van der Waals surface area contributed by atoms with Crippen molar-refractivity contribution in [2.24, 2.45) is 0 Å². The quantitative estimate of drug-likeness (QED) is 0.650. The van der Waals surface area contributed by atoms with E-state index in [-0.39, 0.29) is 18.3 Å². The average molecular weight is 436 g/mol. The van der Waals surface area contributed by atoms with Gasteiger partial charge in [0.2, 0.25) is 5.91 Å². The lowest BCUT2D eigenvalue weighted by atomic mass is 10.1. The van der Waals surface area contributed by atoms with E-state index in [4.69, 9.17) is 4.84 Å². The van der Waals surface area contributed by atoms with Crippen molar-refractivity contribution in [3.8, 4) is 11.4 Å². The summed E-state index contributed by atoms with van der Waals surface area (Å²) in [5, 5.41) is 13.3. The Bertz CT molecular complexity index is 989. The first-order chi connectivity index (χ1) is 12.6. The van der Waals surface area contributed by atoms with E-state index in [1.165, 1.54) is 41.1 Å². The van der Waals surface area contributed by atoms with Crippen LogP contribution in [0.3, 0.4) is 0 Å². The molecule has 1 aliphatic rings. The SMILES string of the molecule is O=C(CN1OC=Cc2cc(F)ccc21)Nc1scc(Br)c1-c1ncn[nH]1. The molecule has 7 nitrogen and oxygen atoms in total. The van der Waals surface area contributed by atoms with E-state index in [0.717, 1.165) is 10.0 Å². The third-order valence-electron chi connectivity index (χ3n) is 3.63. The lowest BCUT2D eigenvalue weighted by Crippen LogP contribution is -2.33. The number of carbonyl (C=O) groups excluding carboxylic acids is 1. The molecule has 4 rings (SSSR count). The van der Waals surface area contributed by atoms with Crippen LogP contribution in [0.4, 0.5) is 15.1 Å². The summed E-state index contributed by atoms with van der Waals surface area (Å²) in [6.45, 7) is -0.0612. The van der Waals surface area contributed by atoms with E-state index in [1.807, 2.05) is 5.38 Å². The predicted molar refractivity (Wildman–Crippen MR) is 99.9 cm³/mol. The maximum absolute atomic E-state index is 13.4. The number of H-pyrrole nitrogens is 1. The number of hydrogen-bond donors (Lipinski definition) is 2. The number of thiophene rings is 1. The number of carbonyl (C=O) groups is 1. The minimum Gasteiger partial charge on any atom is -0.387 e. The molecule has 2 aromatic heterocycles. The molecule has 132 valence electrons. The van der Waals surface area contributed by atoms with E-state index < -0.39 is 0 Å². The Labute approximate surface area is 159 Å². The second-order valence-corrected chi connectivity index (χ2v) is 7.05. The van der Waals surface area contributed by atoms with Gasteiger partial charge in [0, 0.05) is 15.4 Å². The number of amides is 1. The molecule has 1 aliphatic heterocycles. The third kappa shape index (κ3) is 3.20. The molecule has 0 saturated heterocycles. The van der Waals surface area contributed by atoms with Gasteiger partial charge < -0.3 is 10.2 Å². The van der Waals surface area contributed by atoms with Gasteiger partial charge in [0.1, 0.15) is 30.0 Å². The maximum atomic E-state index is 13.4. The second kappa shape index (κ2) is 6.89. The van der Waals surface area contributed by atoms with Gasteiger partial charge in [-0.15, -0.1) is 11.3 Å². The van der Waals surface area contributed by atoms with Gasteiger partial charge in [-0.2, -0.15) is 5.10 Å². The molecule has 0 atom stereocenters. The van der Waals surface area contributed by atoms with E-state index in [2.05, 4.69) is 36.4 Å². The predicted octanol–water partition coefficient (Wildman–Crippen LogP) is 3.80. The monoisotopic (exact) mass is 435 g/mol. The Kier molecular flexibility index (Phi) is 4.43. The second-order valence-electron chi connectivity index (χ2n) is 5.32. The highest BCUT2D eigenvalue weighted by atomic mass is 79.9. The van der Waals surface area contributed by atoms with Crippen LogP contribution in [-0.4, -0.2) is 27.6 Å². The van der Waals surface area contributed by atoms with Crippen LogP contribution < -0.4 is 10.4 Å². The number of fused-ring (bicyclic) bond motifs is 1. The fourth-order valence-electron chi connectivity index (χ4n) is 2.51. The molecule has 0 spiro atoms. The third-order valence-corrected chi connectivity index (χ3v) is 5.46. The van der Waals surface area contributed by atoms with Crippen LogP contribution in [0, 0.1) is 5.82 Å². The Morgan fingerprint density at radius 1 is 1.46 bits per heavy atom. The smallest absolute Gasteiger partial charge is 0.248 e. The zero-order chi connectivity index (χ0) is 18.1. The van der Waals surface area contributed by atoms with Crippen molar-refractivity contribution in [1.82, 2.24) is 15.2 Å². The first-order valence-corrected chi connectivity index (χ1v) is 9.12. The van der Waals surface area contributed by atoms with E-state index in [9.17, 15) is 9.18 Å². The zero-order valence-electron chi connectivity index (χ0n) is 13.1. The van der Waals surface area contributed by atoms with Crippen molar-refractivity contribution in [2.75, 3.05) is 16.9 Å². The molecule has 10 heteroatoms. The molecule has 1 amide bonds. The Hall–Kier alpha value is -2.72. The van der Waals surface area contributed by atoms with Crippen LogP contribution in [0.1, 0.15) is 5.56 Å². The number of anilines is 2. The number of benzene rings is 1. The molecule has 0 fully saturated rings. The number of halogens is 2. The molecule has 0 radical (unpaired) electrons. The average Bonchev–Trinajstić information content (AvgIpc) is 3.24. The summed E-state index contributed by atoms with van der Waals surface area (Å²) in [6.07, 6.45) is 4.46. The highest BCUT2D eigenvalue weighted by Crippen LogP contribution is 2.38. The summed E-state index contributed by atoms with van der Waals surface area (Å²) in [6, 6.07) is 4.28. The van der Waals surface area contributed by atoms with E-state index >= 15 is 0 Å². The molecule has 2 N–H and O–H groups in total. The zero-order valence-corrected chi connectivity index (χ0v) is 15.5. The number of nitrogens with one attached hydrogen (secondary N) is 2. The summed E-state index contributed by atoms with van der Waals surface area (Å²) in [5.74, 6) is -0.0862. The number of aromatic amines is 1. The minimum atomic E-state index is -0.347. The Morgan fingerprint density at radius 2 is 2.35 bits per heavy atom. The van der Waals surface area contributed by atoms with Gasteiger partial charge in [0.15, 0.2) is 5.82 Å². The molecule has 0 saturated carbocycles. The molecule has 1 aromatic carbocycles. The number of aromatic nitrogens is 3. The van der Waals surface area contributed by atoms with Gasteiger partial charge in [-0.05, 0) is 40.2 Å². The van der Waals surface area contributed by atoms with Crippen molar-refractivity contribution in [3.05, 3.63) is 52.0 Å². The topological polar surface area (TPSA) is 83.1 Å². The first-order valence-electron chi connectivity index (χ1n) is 7.45. The summed E-state index contributed by atoms with van der Waals surface area (Å²) in [7, 11) is 0. The molecule has 0 aliphatic carbocycles. The first kappa shape index (κ1) is 16.7. The maximum Gasteiger partial charge on any atom is 0.248 e. The summed E-state index contributed by atoms with van der Waals surface area (Å²) in [4.78, 5) is 22.0. The van der Waals surface area contributed by atoms with Gasteiger partial charge in [0.25, 0.3) is 0 Å². The molecule has 26 heavy (non-hydrogen) atoms. The van der Waals surface area contributed by atoms with Gasteiger partial charge >= 0.3 is 0 Å². The lowest BCUT2D eigenvalue weighted by molar-refractivity contribution is -0.115. The lowest BCUT2D eigenvalue weighted by Gasteiger charge is -2.26. The van der Waals surface area contributed by atoms with Crippen molar-refractivity contribution in [1.29, 1.82) is 0 Å². The minimum absolute atomic E-state index is 0.0612. The fraction of sp³-hybridized carbons (Fsp3) is 0.0625. The largest absolute Gasteiger partial charge is 0.387 e. The fourth-order valence-corrected chi connectivity index (χ4v) is 4.15. The van der Waals surface area contributed by atoms with Crippen molar-refractivity contribution in [3.63, 3.8) is 0 Å². The van der Waals surface area contributed by atoms with Gasteiger partial charge in [0.05, 0.1) is 11.3 Å². The summed E-state index contributed by atoms with van der Waals surface area (Å²) >= 11 is 4.81. The van der Waals surface area contributed by atoms with Gasteiger partial charge in [-0.25, -0.2) is 14.4 Å².